The Morgan fingerprint density at radius 2 is 2.14 bits per heavy atom. The number of hydrogen-bond acceptors (Lipinski definition) is 6. The average Bonchev–Trinajstić information content (AvgIpc) is 2.47. The van der Waals surface area contributed by atoms with Gasteiger partial charge in [0.05, 0.1) is 12.3 Å². The highest BCUT2D eigenvalue weighted by molar-refractivity contribution is 5.91. The summed E-state index contributed by atoms with van der Waals surface area (Å²) in [5, 5.41) is 9.26. The normalized spacial score (nSPS) is 10.4. The molecule has 0 aromatic carbocycles. The summed E-state index contributed by atoms with van der Waals surface area (Å²) >= 11 is 0. The summed E-state index contributed by atoms with van der Waals surface area (Å²) in [5.74, 6) is -0.721. The van der Waals surface area contributed by atoms with E-state index in [-0.39, 0.29) is 18.1 Å². The molecule has 0 aliphatic rings. The number of pyridine rings is 1. The van der Waals surface area contributed by atoms with Crippen molar-refractivity contribution >= 4 is 5.97 Å². The van der Waals surface area contributed by atoms with E-state index in [1.165, 1.54) is 7.11 Å². The van der Waals surface area contributed by atoms with Gasteiger partial charge in [-0.2, -0.15) is 4.98 Å². The largest absolute Gasteiger partial charge is 0.477 e. The minimum Gasteiger partial charge on any atom is -0.477 e. The van der Waals surface area contributed by atoms with Crippen molar-refractivity contribution in [3.8, 4) is 17.3 Å². The van der Waals surface area contributed by atoms with Crippen molar-refractivity contribution in [2.24, 2.45) is 0 Å². The second kappa shape index (κ2) is 6.76. The fourth-order valence-corrected chi connectivity index (χ4v) is 1.74. The summed E-state index contributed by atoms with van der Waals surface area (Å²) in [6, 6.07) is 3.55. The van der Waals surface area contributed by atoms with Crippen LogP contribution in [-0.2, 0) is 4.74 Å². The van der Waals surface area contributed by atoms with Crippen LogP contribution in [0.1, 0.15) is 16.1 Å². The summed E-state index contributed by atoms with van der Waals surface area (Å²) in [7, 11) is 1.54. The maximum atomic E-state index is 11.3. The number of aryl methyl sites for hydroxylation is 1. The van der Waals surface area contributed by atoms with Crippen LogP contribution in [0.3, 0.4) is 0 Å². The van der Waals surface area contributed by atoms with Crippen LogP contribution in [0.2, 0.25) is 0 Å². The van der Waals surface area contributed by atoms with Crippen LogP contribution in [0.4, 0.5) is 0 Å². The van der Waals surface area contributed by atoms with Gasteiger partial charge in [-0.1, -0.05) is 0 Å². The maximum Gasteiger partial charge on any atom is 0.343 e. The third kappa shape index (κ3) is 3.51. The molecule has 0 fully saturated rings. The number of aromatic nitrogens is 3. The van der Waals surface area contributed by atoms with Crippen LogP contribution in [0.25, 0.3) is 11.4 Å². The summed E-state index contributed by atoms with van der Waals surface area (Å²) in [6.07, 6.45) is 3.24. The molecule has 0 aliphatic heterocycles. The number of aromatic carboxylic acids is 1. The van der Waals surface area contributed by atoms with Gasteiger partial charge in [-0.25, -0.2) is 9.78 Å². The predicted octanol–water partition coefficient (Wildman–Crippen LogP) is 1.57. The van der Waals surface area contributed by atoms with Crippen LogP contribution in [0.15, 0.2) is 24.5 Å². The third-order valence-electron chi connectivity index (χ3n) is 2.72. The van der Waals surface area contributed by atoms with Crippen LogP contribution in [-0.4, -0.2) is 46.4 Å². The van der Waals surface area contributed by atoms with E-state index in [1.807, 2.05) is 0 Å². The number of carboxylic acid groups (broad SMARTS) is 1. The molecule has 0 amide bonds. The molecule has 0 saturated carbocycles. The van der Waals surface area contributed by atoms with Gasteiger partial charge in [-0.3, -0.25) is 4.98 Å². The quantitative estimate of drug-likeness (QED) is 0.806. The standard InChI is InChI=1S/C14H15N3O4/c1-9-11(14(18)19)13(21-7-6-20-2)17-12(16-9)10-4-3-5-15-8-10/h3-5,8H,6-7H2,1-2H3,(H,18,19). The molecule has 0 atom stereocenters. The lowest BCUT2D eigenvalue weighted by Gasteiger charge is -2.11. The van der Waals surface area contributed by atoms with Crippen molar-refractivity contribution in [1.82, 2.24) is 15.0 Å². The molecule has 0 aliphatic carbocycles. The molecular weight excluding hydrogens is 274 g/mol. The summed E-state index contributed by atoms with van der Waals surface area (Å²) in [6.45, 7) is 2.15. The first-order valence-electron chi connectivity index (χ1n) is 6.27. The molecule has 0 spiro atoms. The first-order valence-corrected chi connectivity index (χ1v) is 6.27. The van der Waals surface area contributed by atoms with Gasteiger partial charge in [-0.15, -0.1) is 0 Å². The first kappa shape index (κ1) is 14.9. The zero-order valence-electron chi connectivity index (χ0n) is 11.7. The fourth-order valence-electron chi connectivity index (χ4n) is 1.74. The molecule has 2 aromatic rings. The minimum absolute atomic E-state index is 0.0332. The molecule has 7 heteroatoms. The van der Waals surface area contributed by atoms with Gasteiger partial charge in [0.15, 0.2) is 5.82 Å². The number of rotatable bonds is 6. The van der Waals surface area contributed by atoms with E-state index in [2.05, 4.69) is 15.0 Å². The first-order chi connectivity index (χ1) is 10.1. The van der Waals surface area contributed by atoms with E-state index in [0.29, 0.717) is 23.7 Å². The molecule has 2 rings (SSSR count). The molecule has 21 heavy (non-hydrogen) atoms. The molecule has 0 radical (unpaired) electrons. The van der Waals surface area contributed by atoms with Crippen LogP contribution >= 0.6 is 0 Å². The molecule has 2 heterocycles. The summed E-state index contributed by atoms with van der Waals surface area (Å²) in [4.78, 5) is 23.7. The van der Waals surface area contributed by atoms with Gasteiger partial charge in [0.2, 0.25) is 5.88 Å². The van der Waals surface area contributed by atoms with Crippen molar-refractivity contribution in [2.75, 3.05) is 20.3 Å². The zero-order chi connectivity index (χ0) is 15.2. The van der Waals surface area contributed by atoms with E-state index < -0.39 is 5.97 Å². The molecule has 0 bridgehead atoms. The van der Waals surface area contributed by atoms with Gasteiger partial charge >= 0.3 is 5.97 Å². The molecule has 7 nitrogen and oxygen atoms in total. The highest BCUT2D eigenvalue weighted by Gasteiger charge is 2.20. The molecular formula is C14H15N3O4. The Kier molecular flexibility index (Phi) is 4.78. The van der Waals surface area contributed by atoms with Gasteiger partial charge in [0.25, 0.3) is 0 Å². The number of hydrogen-bond donors (Lipinski definition) is 1. The van der Waals surface area contributed by atoms with Gasteiger partial charge in [0, 0.05) is 25.1 Å². The number of nitrogens with zero attached hydrogens (tertiary/aromatic N) is 3. The summed E-state index contributed by atoms with van der Waals surface area (Å²) in [5.41, 5.74) is 0.983. The number of carbonyl (C=O) groups is 1. The topological polar surface area (TPSA) is 94.4 Å². The predicted molar refractivity (Wildman–Crippen MR) is 74.3 cm³/mol. The maximum absolute atomic E-state index is 11.3. The average molecular weight is 289 g/mol. The van der Waals surface area contributed by atoms with E-state index in [0.717, 1.165) is 0 Å². The second-order valence-electron chi connectivity index (χ2n) is 4.20. The second-order valence-corrected chi connectivity index (χ2v) is 4.20. The number of methoxy groups -OCH3 is 1. The highest BCUT2D eigenvalue weighted by atomic mass is 16.5. The molecule has 1 N–H and O–H groups in total. The molecule has 0 unspecified atom stereocenters. The molecule has 110 valence electrons. The molecule has 2 aromatic heterocycles. The van der Waals surface area contributed by atoms with E-state index >= 15 is 0 Å². The highest BCUT2D eigenvalue weighted by Crippen LogP contribution is 2.23. The van der Waals surface area contributed by atoms with Crippen LogP contribution < -0.4 is 4.74 Å². The van der Waals surface area contributed by atoms with Gasteiger partial charge < -0.3 is 14.6 Å². The lowest BCUT2D eigenvalue weighted by Crippen LogP contribution is -2.13. The Morgan fingerprint density at radius 1 is 1.33 bits per heavy atom. The Labute approximate surface area is 121 Å². The van der Waals surface area contributed by atoms with E-state index in [1.54, 1.807) is 31.5 Å². The van der Waals surface area contributed by atoms with Crippen molar-refractivity contribution < 1.29 is 19.4 Å². The van der Waals surface area contributed by atoms with Crippen LogP contribution in [0.5, 0.6) is 5.88 Å². The summed E-state index contributed by atoms with van der Waals surface area (Å²) < 4.78 is 10.3. The number of carboxylic acids is 1. The fraction of sp³-hybridized carbons (Fsp3) is 0.286. The Balaban J connectivity index is 2.43. The van der Waals surface area contributed by atoms with Crippen molar-refractivity contribution in [3.63, 3.8) is 0 Å². The van der Waals surface area contributed by atoms with Crippen molar-refractivity contribution in [2.45, 2.75) is 6.92 Å². The van der Waals surface area contributed by atoms with Crippen molar-refractivity contribution in [1.29, 1.82) is 0 Å². The Morgan fingerprint density at radius 3 is 2.76 bits per heavy atom. The smallest absolute Gasteiger partial charge is 0.343 e. The van der Waals surface area contributed by atoms with E-state index in [4.69, 9.17) is 9.47 Å². The number of ether oxygens (including phenoxy) is 2. The Bertz CT molecular complexity index is 632. The van der Waals surface area contributed by atoms with Crippen molar-refractivity contribution in [3.05, 3.63) is 35.8 Å². The Hall–Kier alpha value is -2.54. The zero-order valence-corrected chi connectivity index (χ0v) is 11.7. The lowest BCUT2D eigenvalue weighted by molar-refractivity contribution is 0.0686. The van der Waals surface area contributed by atoms with E-state index in [9.17, 15) is 9.90 Å². The SMILES string of the molecule is COCCOc1nc(-c2cccnc2)nc(C)c1C(=O)O. The monoisotopic (exact) mass is 289 g/mol. The van der Waals surface area contributed by atoms with Gasteiger partial charge in [-0.05, 0) is 19.1 Å². The molecule has 0 saturated heterocycles. The van der Waals surface area contributed by atoms with Crippen LogP contribution in [0, 0.1) is 6.92 Å². The lowest BCUT2D eigenvalue weighted by atomic mass is 10.2. The van der Waals surface area contributed by atoms with Gasteiger partial charge in [0.1, 0.15) is 12.2 Å². The minimum atomic E-state index is -1.13. The third-order valence-corrected chi connectivity index (χ3v) is 2.72.